The van der Waals surface area contributed by atoms with Crippen molar-refractivity contribution >= 4 is 29.1 Å². The lowest BCUT2D eigenvalue weighted by Gasteiger charge is -2.22. The highest BCUT2D eigenvalue weighted by Gasteiger charge is 2.18. The van der Waals surface area contributed by atoms with Gasteiger partial charge >= 0.3 is 0 Å². The van der Waals surface area contributed by atoms with Crippen LogP contribution in [-0.4, -0.2) is 34.3 Å². The molecule has 0 aliphatic carbocycles. The van der Waals surface area contributed by atoms with Crippen LogP contribution in [0.4, 0.5) is 4.39 Å². The second-order valence-electron chi connectivity index (χ2n) is 6.93. The Labute approximate surface area is 185 Å². The van der Waals surface area contributed by atoms with Gasteiger partial charge in [-0.25, -0.2) is 9.37 Å². The molecule has 3 aromatic rings. The Kier molecular flexibility index (Phi) is 7.48. The maximum atomic E-state index is 13.3. The number of rotatable bonds is 8. The van der Waals surface area contributed by atoms with Crippen molar-refractivity contribution in [3.05, 3.63) is 87.3 Å². The Morgan fingerprint density at radius 2 is 1.83 bits per heavy atom. The van der Waals surface area contributed by atoms with Crippen LogP contribution in [0.2, 0.25) is 10.0 Å². The molecule has 0 bridgehead atoms. The fraction of sp³-hybridized carbons (Fsp3) is 0.273. The molecule has 158 valence electrons. The second-order valence-corrected chi connectivity index (χ2v) is 7.72. The fourth-order valence-corrected chi connectivity index (χ4v) is 3.32. The minimum absolute atomic E-state index is 0.199. The summed E-state index contributed by atoms with van der Waals surface area (Å²) in [6.07, 6.45) is 1.37. The van der Waals surface area contributed by atoms with E-state index < -0.39 is 0 Å². The summed E-state index contributed by atoms with van der Waals surface area (Å²) in [6, 6.07) is 11.7. The molecule has 0 spiro atoms. The first kappa shape index (κ1) is 22.3. The van der Waals surface area contributed by atoms with Crippen molar-refractivity contribution in [1.82, 2.24) is 14.8 Å². The molecule has 30 heavy (non-hydrogen) atoms. The third-order valence-electron chi connectivity index (χ3n) is 4.70. The number of carbonyl (C=O) groups excluding carboxylic acids is 1. The summed E-state index contributed by atoms with van der Waals surface area (Å²) in [5.41, 5.74) is 2.03. The van der Waals surface area contributed by atoms with Crippen molar-refractivity contribution in [3.8, 4) is 0 Å². The van der Waals surface area contributed by atoms with Crippen molar-refractivity contribution in [2.75, 3.05) is 13.6 Å². The molecule has 0 atom stereocenters. The Balaban J connectivity index is 1.82. The van der Waals surface area contributed by atoms with Gasteiger partial charge in [0, 0.05) is 26.7 Å². The molecule has 0 aliphatic rings. The van der Waals surface area contributed by atoms with Gasteiger partial charge in [0.05, 0.1) is 16.6 Å². The van der Waals surface area contributed by atoms with Gasteiger partial charge in [0.1, 0.15) is 12.1 Å². The van der Waals surface area contributed by atoms with Crippen molar-refractivity contribution in [2.45, 2.75) is 26.6 Å². The lowest BCUT2D eigenvalue weighted by Crippen LogP contribution is -2.26. The lowest BCUT2D eigenvalue weighted by atomic mass is 10.1. The maximum Gasteiger partial charge on any atom is 0.275 e. The molecule has 0 aliphatic heterocycles. The van der Waals surface area contributed by atoms with Gasteiger partial charge in [0.25, 0.3) is 5.91 Å². The Bertz CT molecular complexity index is 1010. The fourth-order valence-electron chi connectivity index (χ4n) is 2.94. The molecule has 0 saturated carbocycles. The average molecular weight is 450 g/mol. The van der Waals surface area contributed by atoms with E-state index in [1.165, 1.54) is 18.4 Å². The zero-order valence-electron chi connectivity index (χ0n) is 16.7. The van der Waals surface area contributed by atoms with E-state index in [1.807, 2.05) is 24.0 Å². The molecule has 0 unspecified atom stereocenters. The van der Waals surface area contributed by atoms with E-state index in [9.17, 15) is 9.18 Å². The summed E-state index contributed by atoms with van der Waals surface area (Å²) in [7, 11) is 1.71. The quantitative estimate of drug-likeness (QED) is 0.460. The van der Waals surface area contributed by atoms with Crippen LogP contribution in [0, 0.1) is 5.82 Å². The highest BCUT2D eigenvalue weighted by Crippen LogP contribution is 2.27. The number of hydrogen-bond acceptors (Lipinski definition) is 4. The number of aromatic nitrogens is 1. The molecular weight excluding hydrogens is 428 g/mol. The molecule has 8 heteroatoms. The lowest BCUT2D eigenvalue weighted by molar-refractivity contribution is 0.0796. The van der Waals surface area contributed by atoms with Crippen LogP contribution in [0.25, 0.3) is 0 Å². The Morgan fingerprint density at radius 3 is 2.53 bits per heavy atom. The van der Waals surface area contributed by atoms with Gasteiger partial charge in [0.2, 0.25) is 5.89 Å². The third-order valence-corrected chi connectivity index (χ3v) is 5.55. The van der Waals surface area contributed by atoms with Crippen molar-refractivity contribution < 1.29 is 13.6 Å². The van der Waals surface area contributed by atoms with Crippen LogP contribution in [0.15, 0.2) is 53.1 Å². The first-order chi connectivity index (χ1) is 14.4. The number of benzene rings is 2. The molecular formula is C22H22Cl2FN3O2. The van der Waals surface area contributed by atoms with Gasteiger partial charge in [-0.2, -0.15) is 0 Å². The van der Waals surface area contributed by atoms with Crippen LogP contribution < -0.4 is 0 Å². The smallest absolute Gasteiger partial charge is 0.275 e. The van der Waals surface area contributed by atoms with Gasteiger partial charge in [-0.15, -0.1) is 0 Å². The summed E-state index contributed by atoms with van der Waals surface area (Å²) in [6.45, 7) is 3.77. The van der Waals surface area contributed by atoms with Gasteiger partial charge in [-0.05, 0) is 36.2 Å². The predicted molar refractivity (Wildman–Crippen MR) is 115 cm³/mol. The van der Waals surface area contributed by atoms with Crippen LogP contribution in [0.1, 0.15) is 34.4 Å². The normalized spacial score (nSPS) is 11.1. The van der Waals surface area contributed by atoms with E-state index in [0.717, 1.165) is 11.1 Å². The van der Waals surface area contributed by atoms with Crippen molar-refractivity contribution in [2.24, 2.45) is 0 Å². The minimum Gasteiger partial charge on any atom is -0.447 e. The molecule has 1 amide bonds. The van der Waals surface area contributed by atoms with E-state index in [-0.39, 0.29) is 17.4 Å². The Morgan fingerprint density at radius 1 is 1.10 bits per heavy atom. The van der Waals surface area contributed by atoms with Crippen molar-refractivity contribution in [3.63, 3.8) is 0 Å². The molecule has 0 N–H and O–H groups in total. The summed E-state index contributed by atoms with van der Waals surface area (Å²) in [4.78, 5) is 20.2. The van der Waals surface area contributed by atoms with Crippen LogP contribution in [0.5, 0.6) is 0 Å². The van der Waals surface area contributed by atoms with E-state index in [4.69, 9.17) is 27.6 Å². The van der Waals surface area contributed by atoms with E-state index in [1.54, 1.807) is 30.1 Å². The largest absolute Gasteiger partial charge is 0.447 e. The number of nitrogens with zero attached hydrogens (tertiary/aromatic N) is 3. The van der Waals surface area contributed by atoms with Crippen LogP contribution >= 0.6 is 23.2 Å². The first-order valence-electron chi connectivity index (χ1n) is 9.47. The molecule has 1 heterocycles. The van der Waals surface area contributed by atoms with Crippen LogP contribution in [-0.2, 0) is 19.6 Å². The number of amides is 1. The van der Waals surface area contributed by atoms with E-state index in [2.05, 4.69) is 4.98 Å². The first-order valence-corrected chi connectivity index (χ1v) is 10.2. The number of carbonyl (C=O) groups is 1. The highest BCUT2D eigenvalue weighted by atomic mass is 35.5. The average Bonchev–Trinajstić information content (AvgIpc) is 3.20. The monoisotopic (exact) mass is 449 g/mol. The topological polar surface area (TPSA) is 49.6 Å². The summed E-state index contributed by atoms with van der Waals surface area (Å²) >= 11 is 12.5. The molecule has 5 nitrogen and oxygen atoms in total. The van der Waals surface area contributed by atoms with E-state index in [0.29, 0.717) is 42.1 Å². The second kappa shape index (κ2) is 10.1. The summed E-state index contributed by atoms with van der Waals surface area (Å²) in [5, 5.41) is 0.957. The number of halogens is 3. The molecule has 2 aromatic carbocycles. The van der Waals surface area contributed by atoms with Crippen molar-refractivity contribution in [1.29, 1.82) is 0 Å². The third kappa shape index (κ3) is 5.59. The van der Waals surface area contributed by atoms with Gasteiger partial charge < -0.3 is 9.32 Å². The van der Waals surface area contributed by atoms with Crippen LogP contribution in [0.3, 0.4) is 0 Å². The zero-order valence-corrected chi connectivity index (χ0v) is 18.3. The molecule has 1 aromatic heterocycles. The number of hydrogen-bond donors (Lipinski definition) is 0. The highest BCUT2D eigenvalue weighted by molar-refractivity contribution is 6.42. The summed E-state index contributed by atoms with van der Waals surface area (Å²) in [5.74, 6) is -0.0855. The molecule has 0 saturated heterocycles. The van der Waals surface area contributed by atoms with E-state index >= 15 is 0 Å². The van der Waals surface area contributed by atoms with Gasteiger partial charge in [-0.3, -0.25) is 9.69 Å². The standard InChI is InChI=1S/C22H22Cl2FN3O2/c1-3-27(2)22(29)19-14-30-20(26-19)13-28(11-15-7-9-17(25)10-8-15)12-16-5-4-6-18(23)21(16)24/h4-10,14H,3,11-13H2,1-2H3. The predicted octanol–water partition coefficient (Wildman–Crippen LogP) is 5.41. The van der Waals surface area contributed by atoms with Gasteiger partial charge in [0.15, 0.2) is 5.69 Å². The molecule has 0 radical (unpaired) electrons. The maximum absolute atomic E-state index is 13.3. The molecule has 0 fully saturated rings. The van der Waals surface area contributed by atoms with Gasteiger partial charge in [-0.1, -0.05) is 47.5 Å². The summed E-state index contributed by atoms with van der Waals surface area (Å²) < 4.78 is 18.8. The minimum atomic E-state index is -0.293. The Hall–Kier alpha value is -2.41. The number of oxazole rings is 1. The zero-order chi connectivity index (χ0) is 21.7. The SMILES string of the molecule is CCN(C)C(=O)c1coc(CN(Cc2ccc(F)cc2)Cc2cccc(Cl)c2Cl)n1. The molecule has 3 rings (SSSR count).